The van der Waals surface area contributed by atoms with Crippen LogP contribution in [0.2, 0.25) is 0 Å². The zero-order chi connectivity index (χ0) is 15.8. The van der Waals surface area contributed by atoms with Crippen molar-refractivity contribution in [2.45, 2.75) is 32.1 Å². The first-order valence-electron chi connectivity index (χ1n) is 8.07. The van der Waals surface area contributed by atoms with Crippen LogP contribution in [0.15, 0.2) is 24.4 Å². The number of ether oxygens (including phenoxy) is 1. The van der Waals surface area contributed by atoms with E-state index in [1.54, 1.807) is 7.11 Å². The molecule has 1 saturated heterocycles. The van der Waals surface area contributed by atoms with Gasteiger partial charge in [0.25, 0.3) is 0 Å². The molecule has 0 saturated carbocycles. The summed E-state index contributed by atoms with van der Waals surface area (Å²) in [4.78, 5) is 18.7. The molecule has 0 aliphatic carbocycles. The van der Waals surface area contributed by atoms with Gasteiger partial charge >= 0.3 is 0 Å². The Morgan fingerprint density at radius 2 is 2.36 bits per heavy atom. The maximum Gasteiger partial charge on any atom is 0.224 e. The van der Waals surface area contributed by atoms with E-state index in [1.165, 1.54) is 0 Å². The first kappa shape index (κ1) is 16.9. The number of carbonyl (C=O) groups excluding carboxylic acids is 1. The second-order valence-corrected chi connectivity index (χ2v) is 6.19. The van der Waals surface area contributed by atoms with E-state index in [0.29, 0.717) is 6.61 Å². The molecule has 1 aliphatic rings. The van der Waals surface area contributed by atoms with Gasteiger partial charge in [0.1, 0.15) is 0 Å². The van der Waals surface area contributed by atoms with Crippen molar-refractivity contribution >= 4 is 5.91 Å². The van der Waals surface area contributed by atoms with Gasteiger partial charge in [0, 0.05) is 32.1 Å². The molecule has 0 aromatic carbocycles. The number of piperidine rings is 1. The van der Waals surface area contributed by atoms with E-state index in [9.17, 15) is 4.79 Å². The van der Waals surface area contributed by atoms with Crippen LogP contribution in [-0.2, 0) is 16.0 Å². The molecule has 2 rings (SSSR count). The maximum absolute atomic E-state index is 12.1. The molecule has 1 aliphatic heterocycles. The highest BCUT2D eigenvalue weighted by Gasteiger charge is 2.39. The minimum Gasteiger partial charge on any atom is -0.383 e. The quantitative estimate of drug-likeness (QED) is 0.792. The van der Waals surface area contributed by atoms with Gasteiger partial charge in [-0.2, -0.15) is 0 Å². The van der Waals surface area contributed by atoms with Crippen LogP contribution in [0, 0.1) is 5.41 Å². The molecule has 5 nitrogen and oxygen atoms in total. The number of carbonyl (C=O) groups is 1. The van der Waals surface area contributed by atoms with Gasteiger partial charge in [-0.05, 0) is 50.8 Å². The Morgan fingerprint density at radius 3 is 3.05 bits per heavy atom. The van der Waals surface area contributed by atoms with E-state index in [0.717, 1.165) is 57.4 Å². The van der Waals surface area contributed by atoms with Gasteiger partial charge in [0.05, 0.1) is 12.0 Å². The zero-order valence-electron chi connectivity index (χ0n) is 13.5. The summed E-state index contributed by atoms with van der Waals surface area (Å²) in [6.07, 6.45) is 6.41. The van der Waals surface area contributed by atoms with Crippen molar-refractivity contribution < 1.29 is 9.53 Å². The Labute approximate surface area is 132 Å². The molecule has 122 valence electrons. The first-order valence-corrected chi connectivity index (χ1v) is 8.07. The minimum atomic E-state index is -0.388. The van der Waals surface area contributed by atoms with Crippen LogP contribution in [0.25, 0.3) is 0 Å². The highest BCUT2D eigenvalue weighted by atomic mass is 16.5. The van der Waals surface area contributed by atoms with Crippen molar-refractivity contribution in [2.24, 2.45) is 11.1 Å². The Kier molecular flexibility index (Phi) is 6.34. The number of hydrogen-bond donors (Lipinski definition) is 1. The van der Waals surface area contributed by atoms with Crippen molar-refractivity contribution in [1.82, 2.24) is 9.88 Å². The summed E-state index contributed by atoms with van der Waals surface area (Å²) < 4.78 is 5.15. The minimum absolute atomic E-state index is 0.157. The summed E-state index contributed by atoms with van der Waals surface area (Å²) in [6.45, 7) is 3.35. The third-order valence-corrected chi connectivity index (χ3v) is 4.60. The summed E-state index contributed by atoms with van der Waals surface area (Å²) in [5.41, 5.74) is 6.45. The number of amides is 1. The third kappa shape index (κ3) is 4.52. The Balaban J connectivity index is 1.91. The molecule has 22 heavy (non-hydrogen) atoms. The molecular formula is C17H27N3O2. The number of nitrogens with zero attached hydrogens (tertiary/aromatic N) is 2. The third-order valence-electron chi connectivity index (χ3n) is 4.60. The van der Waals surface area contributed by atoms with E-state index in [4.69, 9.17) is 10.5 Å². The number of rotatable bonds is 8. The van der Waals surface area contributed by atoms with Gasteiger partial charge in [-0.1, -0.05) is 6.07 Å². The molecule has 1 atom stereocenters. The smallest absolute Gasteiger partial charge is 0.224 e. The molecule has 5 heteroatoms. The molecule has 0 spiro atoms. The number of nitrogens with two attached hydrogens (primary N) is 1. The van der Waals surface area contributed by atoms with E-state index in [2.05, 4.69) is 9.88 Å². The lowest BCUT2D eigenvalue weighted by Gasteiger charge is -2.40. The Morgan fingerprint density at radius 1 is 1.50 bits per heavy atom. The fourth-order valence-electron chi connectivity index (χ4n) is 3.32. The molecule has 1 amide bonds. The van der Waals surface area contributed by atoms with Crippen LogP contribution >= 0.6 is 0 Å². The average Bonchev–Trinajstić information content (AvgIpc) is 2.54. The van der Waals surface area contributed by atoms with Crippen LogP contribution < -0.4 is 5.73 Å². The standard InChI is InChI=1S/C17H27N3O2/c1-22-13-12-20-11-5-9-17(14-20,16(18)21)8-4-7-15-6-2-3-10-19-15/h2-3,6,10H,4-5,7-9,11-14H2,1H3,(H2,18,21)/t17-/m0/s1. The van der Waals surface area contributed by atoms with Crippen LogP contribution in [0.5, 0.6) is 0 Å². The molecule has 2 N–H and O–H groups in total. The highest BCUT2D eigenvalue weighted by molar-refractivity contribution is 5.81. The first-order chi connectivity index (χ1) is 10.7. The lowest BCUT2D eigenvalue weighted by Crippen LogP contribution is -2.51. The van der Waals surface area contributed by atoms with Gasteiger partial charge in [0.15, 0.2) is 0 Å². The van der Waals surface area contributed by atoms with E-state index in [1.807, 2.05) is 24.4 Å². The summed E-state index contributed by atoms with van der Waals surface area (Å²) in [5, 5.41) is 0. The molecule has 0 unspecified atom stereocenters. The molecule has 1 fully saturated rings. The normalized spacial score (nSPS) is 22.6. The molecular weight excluding hydrogens is 278 g/mol. The van der Waals surface area contributed by atoms with Crippen LogP contribution in [0.1, 0.15) is 31.4 Å². The Bertz CT molecular complexity index is 466. The fraction of sp³-hybridized carbons (Fsp3) is 0.647. The highest BCUT2D eigenvalue weighted by Crippen LogP contribution is 2.34. The molecule has 1 aromatic rings. The summed E-state index contributed by atoms with van der Waals surface area (Å²) in [6, 6.07) is 5.95. The number of primary amides is 1. The van der Waals surface area contributed by atoms with Crippen molar-refractivity contribution in [3.63, 3.8) is 0 Å². The second kappa shape index (κ2) is 8.25. The van der Waals surface area contributed by atoms with Crippen LogP contribution in [-0.4, -0.2) is 49.1 Å². The summed E-state index contributed by atoms with van der Waals surface area (Å²) in [7, 11) is 1.71. The number of hydrogen-bond acceptors (Lipinski definition) is 4. The van der Waals surface area contributed by atoms with Crippen molar-refractivity contribution in [3.05, 3.63) is 30.1 Å². The lowest BCUT2D eigenvalue weighted by molar-refractivity contribution is -0.131. The van der Waals surface area contributed by atoms with E-state index < -0.39 is 0 Å². The average molecular weight is 305 g/mol. The topological polar surface area (TPSA) is 68.4 Å². The van der Waals surface area contributed by atoms with Gasteiger partial charge in [-0.3, -0.25) is 14.7 Å². The van der Waals surface area contributed by atoms with Gasteiger partial charge in [0.2, 0.25) is 5.91 Å². The maximum atomic E-state index is 12.1. The fourth-order valence-corrected chi connectivity index (χ4v) is 3.32. The van der Waals surface area contributed by atoms with Gasteiger partial charge in [-0.25, -0.2) is 0 Å². The molecule has 0 bridgehead atoms. The monoisotopic (exact) mass is 305 g/mol. The summed E-state index contributed by atoms with van der Waals surface area (Å²) >= 11 is 0. The van der Waals surface area contributed by atoms with Crippen molar-refractivity contribution in [2.75, 3.05) is 33.4 Å². The van der Waals surface area contributed by atoms with E-state index in [-0.39, 0.29) is 11.3 Å². The molecule has 2 heterocycles. The van der Waals surface area contributed by atoms with Crippen molar-refractivity contribution in [3.8, 4) is 0 Å². The van der Waals surface area contributed by atoms with Gasteiger partial charge in [-0.15, -0.1) is 0 Å². The molecule has 1 aromatic heterocycles. The predicted molar refractivity (Wildman–Crippen MR) is 86.4 cm³/mol. The Hall–Kier alpha value is -1.46. The SMILES string of the molecule is COCCN1CCC[C@](CCCc2ccccn2)(C(N)=O)C1. The van der Waals surface area contributed by atoms with Gasteiger partial charge < -0.3 is 10.5 Å². The summed E-state index contributed by atoms with van der Waals surface area (Å²) in [5.74, 6) is -0.157. The largest absolute Gasteiger partial charge is 0.383 e. The predicted octanol–water partition coefficient (Wildman–Crippen LogP) is 1.62. The number of aromatic nitrogens is 1. The number of pyridine rings is 1. The van der Waals surface area contributed by atoms with Crippen molar-refractivity contribution in [1.29, 1.82) is 0 Å². The number of aryl methyl sites for hydroxylation is 1. The van der Waals surface area contributed by atoms with E-state index >= 15 is 0 Å². The van der Waals surface area contributed by atoms with Crippen LogP contribution in [0.4, 0.5) is 0 Å². The lowest BCUT2D eigenvalue weighted by atomic mass is 9.75. The number of methoxy groups -OCH3 is 1. The van der Waals surface area contributed by atoms with Crippen LogP contribution in [0.3, 0.4) is 0 Å². The number of likely N-dealkylation sites (tertiary alicyclic amines) is 1. The second-order valence-electron chi connectivity index (χ2n) is 6.19. The zero-order valence-corrected chi connectivity index (χ0v) is 13.5. The molecule has 0 radical (unpaired) electrons.